The highest BCUT2D eigenvalue weighted by atomic mass is 16.5. The average molecular weight is 282 g/mol. The van der Waals surface area contributed by atoms with E-state index in [1.165, 1.54) is 32.5 Å². The number of ether oxygens (including phenoxy) is 1. The number of nitrogens with zero attached hydrogens (tertiary/aromatic N) is 2. The second kappa shape index (κ2) is 6.76. The van der Waals surface area contributed by atoms with Crippen LogP contribution >= 0.6 is 0 Å². The first-order chi connectivity index (χ1) is 9.36. The van der Waals surface area contributed by atoms with Gasteiger partial charge in [-0.25, -0.2) is 0 Å². The van der Waals surface area contributed by atoms with Crippen LogP contribution in [0.4, 0.5) is 0 Å². The Kier molecular flexibility index (Phi) is 5.49. The van der Waals surface area contributed by atoms with Gasteiger partial charge in [-0.2, -0.15) is 0 Å². The molecule has 0 radical (unpaired) electrons. The fourth-order valence-electron chi connectivity index (χ4n) is 3.53. The monoisotopic (exact) mass is 282 g/mol. The van der Waals surface area contributed by atoms with Crippen LogP contribution in [0, 0.1) is 5.92 Å². The smallest absolute Gasteiger partial charge is 0.0608 e. The van der Waals surface area contributed by atoms with Gasteiger partial charge in [0.2, 0.25) is 0 Å². The number of rotatable bonds is 7. The van der Waals surface area contributed by atoms with Gasteiger partial charge in [-0.1, -0.05) is 0 Å². The second-order valence-electron chi connectivity index (χ2n) is 7.64. The second-order valence-corrected chi connectivity index (χ2v) is 7.64. The predicted molar refractivity (Wildman–Crippen MR) is 85.1 cm³/mol. The Hall–Kier alpha value is -0.120. The molecule has 0 spiro atoms. The summed E-state index contributed by atoms with van der Waals surface area (Å²) in [6.45, 7) is 17.4. The molecule has 0 aromatic heterocycles. The van der Waals surface area contributed by atoms with Crippen LogP contribution in [0.2, 0.25) is 0 Å². The fraction of sp³-hybridized carbons (Fsp3) is 1.00. The lowest BCUT2D eigenvalue weighted by Gasteiger charge is -2.50. The third-order valence-corrected chi connectivity index (χ3v) is 4.85. The lowest BCUT2D eigenvalue weighted by atomic mass is 9.85. The van der Waals surface area contributed by atoms with Gasteiger partial charge in [0.05, 0.1) is 12.2 Å². The van der Waals surface area contributed by atoms with Gasteiger partial charge in [0, 0.05) is 37.8 Å². The number of hydrogen-bond acceptors (Lipinski definition) is 3. The molecule has 1 heterocycles. The summed E-state index contributed by atoms with van der Waals surface area (Å²) >= 11 is 0. The van der Waals surface area contributed by atoms with E-state index in [1.54, 1.807) is 0 Å². The van der Waals surface area contributed by atoms with E-state index in [4.69, 9.17) is 4.74 Å². The molecule has 1 saturated carbocycles. The molecule has 118 valence electrons. The van der Waals surface area contributed by atoms with Crippen LogP contribution in [-0.2, 0) is 4.74 Å². The van der Waals surface area contributed by atoms with Crippen molar-refractivity contribution in [3.63, 3.8) is 0 Å². The van der Waals surface area contributed by atoms with E-state index in [0.29, 0.717) is 24.3 Å². The first kappa shape index (κ1) is 16.3. The van der Waals surface area contributed by atoms with Crippen LogP contribution in [0.3, 0.4) is 0 Å². The zero-order chi connectivity index (χ0) is 14.9. The summed E-state index contributed by atoms with van der Waals surface area (Å²) in [6.07, 6.45) is 3.35. The molecule has 0 aromatic carbocycles. The highest BCUT2D eigenvalue weighted by Gasteiger charge is 2.38. The SMILES string of the molecule is CC(C)OC1CC(N(CC2CN(C(C)C)C2)C(C)C)C1. The molecule has 0 amide bonds. The molecular weight excluding hydrogens is 248 g/mol. The van der Waals surface area contributed by atoms with Gasteiger partial charge in [-0.3, -0.25) is 4.90 Å². The maximum atomic E-state index is 5.91. The van der Waals surface area contributed by atoms with Crippen molar-refractivity contribution in [2.24, 2.45) is 5.92 Å². The Morgan fingerprint density at radius 3 is 2.10 bits per heavy atom. The van der Waals surface area contributed by atoms with Crippen LogP contribution in [0.15, 0.2) is 0 Å². The van der Waals surface area contributed by atoms with E-state index in [-0.39, 0.29) is 0 Å². The summed E-state index contributed by atoms with van der Waals surface area (Å²) in [5, 5.41) is 0. The van der Waals surface area contributed by atoms with E-state index in [1.807, 2.05) is 0 Å². The molecular formula is C17H34N2O. The summed E-state index contributed by atoms with van der Waals surface area (Å²) in [5.74, 6) is 0.880. The summed E-state index contributed by atoms with van der Waals surface area (Å²) in [5.41, 5.74) is 0. The van der Waals surface area contributed by atoms with Crippen molar-refractivity contribution in [3.8, 4) is 0 Å². The van der Waals surface area contributed by atoms with Crippen LogP contribution in [0.1, 0.15) is 54.4 Å². The van der Waals surface area contributed by atoms with Crippen LogP contribution < -0.4 is 0 Å². The van der Waals surface area contributed by atoms with Crippen molar-refractivity contribution in [1.82, 2.24) is 9.80 Å². The van der Waals surface area contributed by atoms with Crippen LogP contribution in [0.5, 0.6) is 0 Å². The van der Waals surface area contributed by atoms with Gasteiger partial charge in [-0.05, 0) is 60.3 Å². The van der Waals surface area contributed by atoms with Crippen molar-refractivity contribution in [3.05, 3.63) is 0 Å². The fourth-order valence-corrected chi connectivity index (χ4v) is 3.53. The minimum absolute atomic E-state index is 0.375. The van der Waals surface area contributed by atoms with E-state index in [2.05, 4.69) is 51.3 Å². The molecule has 1 saturated heterocycles. The van der Waals surface area contributed by atoms with Crippen LogP contribution in [0.25, 0.3) is 0 Å². The largest absolute Gasteiger partial charge is 0.375 e. The molecule has 0 N–H and O–H groups in total. The van der Waals surface area contributed by atoms with Gasteiger partial charge >= 0.3 is 0 Å². The third kappa shape index (κ3) is 3.96. The normalized spacial score (nSPS) is 28.5. The average Bonchev–Trinajstić information content (AvgIpc) is 2.21. The predicted octanol–water partition coefficient (Wildman–Crippen LogP) is 2.99. The molecule has 20 heavy (non-hydrogen) atoms. The van der Waals surface area contributed by atoms with E-state index in [9.17, 15) is 0 Å². The zero-order valence-corrected chi connectivity index (χ0v) is 14.3. The Labute approximate surface area is 125 Å². The quantitative estimate of drug-likeness (QED) is 0.714. The van der Waals surface area contributed by atoms with E-state index >= 15 is 0 Å². The maximum Gasteiger partial charge on any atom is 0.0608 e. The molecule has 0 aromatic rings. The van der Waals surface area contributed by atoms with Gasteiger partial charge in [0.1, 0.15) is 0 Å². The highest BCUT2D eigenvalue weighted by Crippen LogP contribution is 2.32. The van der Waals surface area contributed by atoms with Crippen molar-refractivity contribution in [2.75, 3.05) is 19.6 Å². The molecule has 0 unspecified atom stereocenters. The van der Waals surface area contributed by atoms with Crippen LogP contribution in [-0.4, -0.2) is 59.8 Å². The third-order valence-electron chi connectivity index (χ3n) is 4.85. The standard InChI is InChI=1S/C17H34N2O/c1-12(2)18-9-15(10-18)11-19(13(3)4)16-7-17(8-16)20-14(5)6/h12-17H,7-11H2,1-6H3. The minimum Gasteiger partial charge on any atom is -0.375 e. The maximum absolute atomic E-state index is 5.91. The van der Waals surface area contributed by atoms with Crippen molar-refractivity contribution in [2.45, 2.75) is 84.7 Å². The summed E-state index contributed by atoms with van der Waals surface area (Å²) < 4.78 is 5.91. The number of likely N-dealkylation sites (tertiary alicyclic amines) is 1. The topological polar surface area (TPSA) is 15.7 Å². The van der Waals surface area contributed by atoms with Gasteiger partial charge in [-0.15, -0.1) is 0 Å². The van der Waals surface area contributed by atoms with Crippen molar-refractivity contribution >= 4 is 0 Å². The van der Waals surface area contributed by atoms with Gasteiger partial charge < -0.3 is 9.64 Å². The zero-order valence-electron chi connectivity index (χ0n) is 14.3. The lowest BCUT2D eigenvalue weighted by Crippen LogP contribution is -2.58. The molecule has 0 atom stereocenters. The summed E-state index contributed by atoms with van der Waals surface area (Å²) in [6, 6.07) is 2.13. The van der Waals surface area contributed by atoms with E-state index < -0.39 is 0 Å². The molecule has 3 heteroatoms. The summed E-state index contributed by atoms with van der Waals surface area (Å²) in [7, 11) is 0. The number of hydrogen-bond donors (Lipinski definition) is 0. The molecule has 2 aliphatic rings. The minimum atomic E-state index is 0.375. The Morgan fingerprint density at radius 1 is 1.05 bits per heavy atom. The lowest BCUT2D eigenvalue weighted by molar-refractivity contribution is -0.0905. The molecule has 1 aliphatic heterocycles. The Bertz CT molecular complexity index is 291. The Balaban J connectivity index is 1.73. The summed E-state index contributed by atoms with van der Waals surface area (Å²) in [4.78, 5) is 5.30. The molecule has 0 bridgehead atoms. The van der Waals surface area contributed by atoms with Gasteiger partial charge in [0.15, 0.2) is 0 Å². The van der Waals surface area contributed by atoms with Crippen molar-refractivity contribution < 1.29 is 4.74 Å². The first-order valence-corrected chi connectivity index (χ1v) is 8.52. The van der Waals surface area contributed by atoms with E-state index in [0.717, 1.165) is 12.0 Å². The molecule has 1 aliphatic carbocycles. The van der Waals surface area contributed by atoms with Gasteiger partial charge in [0.25, 0.3) is 0 Å². The Morgan fingerprint density at radius 2 is 1.65 bits per heavy atom. The molecule has 2 rings (SSSR count). The molecule has 2 fully saturated rings. The highest BCUT2D eigenvalue weighted by molar-refractivity contribution is 4.93. The first-order valence-electron chi connectivity index (χ1n) is 8.52. The van der Waals surface area contributed by atoms with Crippen molar-refractivity contribution in [1.29, 1.82) is 0 Å². The molecule has 3 nitrogen and oxygen atoms in total.